The number of carbonyl (C=O) groups is 1. The Morgan fingerprint density at radius 2 is 1.96 bits per heavy atom. The first kappa shape index (κ1) is 20.1. The summed E-state index contributed by atoms with van der Waals surface area (Å²) in [6.45, 7) is 5.09. The zero-order valence-electron chi connectivity index (χ0n) is 16.5. The summed E-state index contributed by atoms with van der Waals surface area (Å²) in [6, 6.07) is 8.13. The molecule has 4 rings (SSSR count). The Labute approximate surface area is 172 Å². The minimum absolute atomic E-state index is 0.0128. The monoisotopic (exact) mass is 406 g/mol. The van der Waals surface area contributed by atoms with Crippen molar-refractivity contribution in [1.82, 2.24) is 10.2 Å². The molecule has 6 heteroatoms. The number of rotatable bonds is 5. The Bertz CT molecular complexity index is 670. The van der Waals surface area contributed by atoms with Crippen molar-refractivity contribution in [3.05, 3.63) is 34.9 Å². The van der Waals surface area contributed by atoms with E-state index >= 15 is 0 Å². The van der Waals surface area contributed by atoms with E-state index in [0.717, 1.165) is 63.2 Å². The molecule has 1 spiro atoms. The molecule has 5 nitrogen and oxygen atoms in total. The Balaban J connectivity index is 1.20. The lowest BCUT2D eigenvalue weighted by Crippen LogP contribution is -2.45. The Morgan fingerprint density at radius 1 is 1.18 bits per heavy atom. The number of likely N-dealkylation sites (tertiary alicyclic amines) is 1. The van der Waals surface area contributed by atoms with E-state index in [2.05, 4.69) is 22.3 Å². The second-order valence-electron chi connectivity index (χ2n) is 8.50. The van der Waals surface area contributed by atoms with E-state index in [4.69, 9.17) is 21.1 Å². The van der Waals surface area contributed by atoms with Crippen LogP contribution >= 0.6 is 11.6 Å². The van der Waals surface area contributed by atoms with Crippen molar-refractivity contribution < 1.29 is 14.3 Å². The van der Waals surface area contributed by atoms with Crippen LogP contribution < -0.4 is 5.32 Å². The standard InChI is InChI=1S/C22H31ClN2O3/c23-19-3-1-2-17(14-19)16-25-10-8-22(9-11-25)7-4-20(28-22)15-24-21(26)18-5-12-27-13-6-18/h1-3,14,18,20H,4-13,15-16H2,(H,24,26). The van der Waals surface area contributed by atoms with Crippen molar-refractivity contribution in [2.24, 2.45) is 5.92 Å². The van der Waals surface area contributed by atoms with Gasteiger partial charge < -0.3 is 14.8 Å². The van der Waals surface area contributed by atoms with Gasteiger partial charge in [-0.25, -0.2) is 0 Å². The third kappa shape index (κ3) is 5.07. The number of piperidine rings is 1. The summed E-state index contributed by atoms with van der Waals surface area (Å²) in [6.07, 6.45) is 6.12. The van der Waals surface area contributed by atoms with Crippen molar-refractivity contribution in [1.29, 1.82) is 0 Å². The van der Waals surface area contributed by atoms with Crippen LogP contribution in [0.2, 0.25) is 5.02 Å². The van der Waals surface area contributed by atoms with Crippen LogP contribution in [0, 0.1) is 5.92 Å². The number of hydrogen-bond acceptors (Lipinski definition) is 4. The number of amides is 1. The minimum atomic E-state index is 0.0128. The van der Waals surface area contributed by atoms with Crippen LogP contribution in [0.5, 0.6) is 0 Å². The van der Waals surface area contributed by atoms with Gasteiger partial charge in [-0.1, -0.05) is 23.7 Å². The molecule has 0 aliphatic carbocycles. The molecule has 1 atom stereocenters. The van der Waals surface area contributed by atoms with Gasteiger partial charge in [-0.05, 0) is 56.2 Å². The lowest BCUT2D eigenvalue weighted by Gasteiger charge is -2.39. The molecule has 3 aliphatic rings. The zero-order chi connectivity index (χ0) is 19.4. The molecule has 3 heterocycles. The molecule has 0 aromatic heterocycles. The van der Waals surface area contributed by atoms with Crippen LogP contribution in [0.1, 0.15) is 44.1 Å². The number of carbonyl (C=O) groups excluding carboxylic acids is 1. The quantitative estimate of drug-likeness (QED) is 0.814. The highest BCUT2D eigenvalue weighted by Crippen LogP contribution is 2.39. The molecule has 154 valence electrons. The van der Waals surface area contributed by atoms with Gasteiger partial charge in [0.1, 0.15) is 0 Å². The summed E-state index contributed by atoms with van der Waals surface area (Å²) in [7, 11) is 0. The second kappa shape index (κ2) is 9.12. The van der Waals surface area contributed by atoms with Crippen molar-refractivity contribution in [2.75, 3.05) is 32.8 Å². The summed E-state index contributed by atoms with van der Waals surface area (Å²) in [5.74, 6) is 0.281. The number of hydrogen-bond donors (Lipinski definition) is 1. The fourth-order valence-corrected chi connectivity index (χ4v) is 4.95. The fraction of sp³-hybridized carbons (Fsp3) is 0.682. The lowest BCUT2D eigenvalue weighted by atomic mass is 9.88. The molecule has 0 bridgehead atoms. The predicted octanol–water partition coefficient (Wildman–Crippen LogP) is 3.40. The van der Waals surface area contributed by atoms with Crippen LogP contribution in [0.4, 0.5) is 0 Å². The van der Waals surface area contributed by atoms with Gasteiger partial charge in [-0.2, -0.15) is 0 Å². The third-order valence-electron chi connectivity index (χ3n) is 6.50. The van der Waals surface area contributed by atoms with Gasteiger partial charge in [0, 0.05) is 50.3 Å². The summed E-state index contributed by atoms with van der Waals surface area (Å²) in [4.78, 5) is 14.8. The highest BCUT2D eigenvalue weighted by molar-refractivity contribution is 6.30. The molecule has 1 unspecified atom stereocenters. The summed E-state index contributed by atoms with van der Waals surface area (Å²) >= 11 is 6.10. The molecule has 0 radical (unpaired) electrons. The van der Waals surface area contributed by atoms with E-state index in [0.29, 0.717) is 19.8 Å². The molecule has 1 amide bonds. The van der Waals surface area contributed by atoms with Crippen LogP contribution in [0.25, 0.3) is 0 Å². The van der Waals surface area contributed by atoms with E-state index in [1.54, 1.807) is 0 Å². The SMILES string of the molecule is O=C(NCC1CCC2(CCN(Cc3cccc(Cl)c3)CC2)O1)C1CCOCC1. The van der Waals surface area contributed by atoms with Gasteiger partial charge in [-0.15, -0.1) is 0 Å². The highest BCUT2D eigenvalue weighted by Gasteiger charge is 2.42. The van der Waals surface area contributed by atoms with E-state index in [1.807, 2.05) is 12.1 Å². The Hall–Kier alpha value is -1.14. The highest BCUT2D eigenvalue weighted by atomic mass is 35.5. The van der Waals surface area contributed by atoms with Crippen molar-refractivity contribution in [3.63, 3.8) is 0 Å². The van der Waals surface area contributed by atoms with E-state index in [9.17, 15) is 4.79 Å². The summed E-state index contributed by atoms with van der Waals surface area (Å²) in [5, 5.41) is 3.92. The molecule has 3 saturated heterocycles. The molecule has 1 N–H and O–H groups in total. The number of nitrogens with zero attached hydrogens (tertiary/aromatic N) is 1. The second-order valence-corrected chi connectivity index (χ2v) is 8.94. The van der Waals surface area contributed by atoms with Crippen LogP contribution in [-0.4, -0.2) is 55.4 Å². The van der Waals surface area contributed by atoms with E-state index < -0.39 is 0 Å². The molecule has 1 aromatic carbocycles. The molecule has 1 aromatic rings. The predicted molar refractivity (Wildman–Crippen MR) is 109 cm³/mol. The molecular weight excluding hydrogens is 376 g/mol. The third-order valence-corrected chi connectivity index (χ3v) is 6.73. The topological polar surface area (TPSA) is 50.8 Å². The number of ether oxygens (including phenoxy) is 2. The Morgan fingerprint density at radius 3 is 2.71 bits per heavy atom. The first-order chi connectivity index (χ1) is 13.6. The molecule has 28 heavy (non-hydrogen) atoms. The van der Waals surface area contributed by atoms with E-state index in [-0.39, 0.29) is 23.5 Å². The smallest absolute Gasteiger partial charge is 0.223 e. The maximum Gasteiger partial charge on any atom is 0.223 e. The lowest BCUT2D eigenvalue weighted by molar-refractivity contribution is -0.129. The fourth-order valence-electron chi connectivity index (χ4n) is 4.74. The first-order valence-corrected chi connectivity index (χ1v) is 11.0. The first-order valence-electron chi connectivity index (χ1n) is 10.6. The van der Waals surface area contributed by atoms with Crippen LogP contribution in [-0.2, 0) is 20.8 Å². The van der Waals surface area contributed by atoms with Gasteiger partial charge in [0.2, 0.25) is 5.91 Å². The maximum atomic E-state index is 12.3. The molecular formula is C22H31ClN2O3. The van der Waals surface area contributed by atoms with Crippen molar-refractivity contribution >= 4 is 17.5 Å². The minimum Gasteiger partial charge on any atom is -0.381 e. The van der Waals surface area contributed by atoms with Gasteiger partial charge in [0.25, 0.3) is 0 Å². The number of benzene rings is 1. The average Bonchev–Trinajstić information content (AvgIpc) is 3.11. The normalized spacial score (nSPS) is 25.8. The number of nitrogens with one attached hydrogen (secondary N) is 1. The average molecular weight is 407 g/mol. The van der Waals surface area contributed by atoms with Gasteiger partial charge >= 0.3 is 0 Å². The maximum absolute atomic E-state index is 12.3. The summed E-state index contributed by atoms with van der Waals surface area (Å²) in [5.41, 5.74) is 1.28. The van der Waals surface area contributed by atoms with Gasteiger partial charge in [-0.3, -0.25) is 9.69 Å². The molecule has 0 saturated carbocycles. The van der Waals surface area contributed by atoms with Crippen LogP contribution in [0.15, 0.2) is 24.3 Å². The van der Waals surface area contributed by atoms with Crippen molar-refractivity contribution in [2.45, 2.75) is 56.8 Å². The van der Waals surface area contributed by atoms with E-state index in [1.165, 1.54) is 5.56 Å². The van der Waals surface area contributed by atoms with Crippen molar-refractivity contribution in [3.8, 4) is 0 Å². The van der Waals surface area contributed by atoms with Crippen LogP contribution in [0.3, 0.4) is 0 Å². The number of halogens is 1. The largest absolute Gasteiger partial charge is 0.381 e. The molecule has 3 fully saturated rings. The van der Waals surface area contributed by atoms with Gasteiger partial charge in [0.15, 0.2) is 0 Å². The Kier molecular flexibility index (Phi) is 6.56. The summed E-state index contributed by atoms with van der Waals surface area (Å²) < 4.78 is 11.8. The molecule has 3 aliphatic heterocycles. The zero-order valence-corrected chi connectivity index (χ0v) is 17.3. The van der Waals surface area contributed by atoms with Gasteiger partial charge in [0.05, 0.1) is 11.7 Å².